The van der Waals surface area contributed by atoms with Crippen LogP contribution in [-0.2, 0) is 13.5 Å². The van der Waals surface area contributed by atoms with Gasteiger partial charge in [-0.1, -0.05) is 6.92 Å². The standard InChI is InChI=1S/C6H17NO2PS/c1-4-9-11(7,6-3)10(8)5-2/h7-8H,4-6H2,1-3H3/q+1/i/hD. The molecule has 0 aliphatic heterocycles. The van der Waals surface area contributed by atoms with Crippen molar-refractivity contribution >= 4 is 16.2 Å². The van der Waals surface area contributed by atoms with Crippen molar-refractivity contribution in [3.8, 4) is 0 Å². The van der Waals surface area contributed by atoms with E-state index >= 15 is 0 Å². The Kier molecular flexibility index (Phi) is 4.38. The highest BCUT2D eigenvalue weighted by atomic mass is 32.5. The summed E-state index contributed by atoms with van der Waals surface area (Å²) in [5.41, 5.74) is 0. The van der Waals surface area contributed by atoms with Gasteiger partial charge in [0.15, 0.2) is 9.28 Å². The first-order chi connectivity index (χ1) is 5.64. The Labute approximate surface area is 71.4 Å². The van der Waals surface area contributed by atoms with Gasteiger partial charge in [0.05, 0.1) is 12.4 Å². The summed E-state index contributed by atoms with van der Waals surface area (Å²) >= 11 is 0. The molecule has 0 rings (SSSR count). The number of nitrogens with one attached hydrogen (secondary N) is 1. The molecule has 0 radical (unpaired) electrons. The van der Waals surface area contributed by atoms with Crippen molar-refractivity contribution in [1.82, 2.24) is 0 Å². The van der Waals surface area contributed by atoms with Gasteiger partial charge >= 0.3 is 6.92 Å². The molecule has 2 atom stereocenters. The molecule has 0 aromatic heterocycles. The van der Waals surface area contributed by atoms with E-state index in [1.807, 2.05) is 20.8 Å². The zero-order valence-electron chi connectivity index (χ0n) is 8.29. The first-order valence-electron chi connectivity index (χ1n) is 4.16. The summed E-state index contributed by atoms with van der Waals surface area (Å²) in [6.07, 6.45) is 0.728. The van der Waals surface area contributed by atoms with E-state index in [9.17, 15) is 0 Å². The molecule has 68 valence electrons. The van der Waals surface area contributed by atoms with Crippen molar-refractivity contribution in [2.24, 2.45) is 0 Å². The maximum absolute atomic E-state index is 7.97. The van der Waals surface area contributed by atoms with Crippen LogP contribution >= 0.6 is 6.92 Å². The molecule has 11 heavy (non-hydrogen) atoms. The molecule has 0 fully saturated rings. The Bertz CT molecular complexity index is 232. The van der Waals surface area contributed by atoms with Gasteiger partial charge in [0.1, 0.15) is 6.16 Å². The fourth-order valence-electron chi connectivity index (χ4n) is 0.690. The molecule has 0 spiro atoms. The van der Waals surface area contributed by atoms with Gasteiger partial charge in [-0.3, -0.25) is 4.18 Å². The average Bonchev–Trinajstić information content (AvgIpc) is 2.07. The Morgan fingerprint density at radius 2 is 2.27 bits per heavy atom. The monoisotopic (exact) mass is 199 g/mol. The van der Waals surface area contributed by atoms with Crippen LogP contribution in [0, 0.1) is 4.78 Å². The summed E-state index contributed by atoms with van der Waals surface area (Å²) in [5.74, 6) is 0.652. The van der Waals surface area contributed by atoms with Gasteiger partial charge in [0, 0.05) is 0 Å². The largest absolute Gasteiger partial charge is 0.314 e. The van der Waals surface area contributed by atoms with E-state index in [1.165, 1.54) is 0 Å². The smallest absolute Gasteiger partial charge is 0.282 e. The minimum absolute atomic E-state index is 0.537. The van der Waals surface area contributed by atoms with Gasteiger partial charge in [-0.25, -0.2) is 4.78 Å². The third kappa shape index (κ3) is 3.08. The predicted octanol–water partition coefficient (Wildman–Crippen LogP) is 2.20. The van der Waals surface area contributed by atoms with Crippen LogP contribution in [0.4, 0.5) is 0 Å². The second-order valence-electron chi connectivity index (χ2n) is 1.98. The summed E-state index contributed by atoms with van der Waals surface area (Å²) in [5, 5.41) is 0. The van der Waals surface area contributed by atoms with Gasteiger partial charge < -0.3 is 0 Å². The van der Waals surface area contributed by atoms with E-state index in [1.54, 1.807) is 0 Å². The maximum atomic E-state index is 7.97. The first kappa shape index (κ1) is 9.46. The van der Waals surface area contributed by atoms with Crippen LogP contribution in [0.3, 0.4) is 0 Å². The van der Waals surface area contributed by atoms with Gasteiger partial charge in [0.2, 0.25) is 0 Å². The molecular formula is C6H17NO2PS+. The number of rotatable bonds is 5. The van der Waals surface area contributed by atoms with Gasteiger partial charge in [-0.05, 0) is 13.8 Å². The maximum Gasteiger partial charge on any atom is 0.314 e. The molecule has 0 aliphatic rings. The van der Waals surface area contributed by atoms with Crippen LogP contribution in [0.1, 0.15) is 20.8 Å². The summed E-state index contributed by atoms with van der Waals surface area (Å²) in [7, 11) is -1.86. The van der Waals surface area contributed by atoms with Crippen LogP contribution < -0.4 is 0 Å². The van der Waals surface area contributed by atoms with E-state index in [-0.39, 0.29) is 0 Å². The van der Waals surface area contributed by atoms with Crippen LogP contribution in [0.5, 0.6) is 0 Å². The molecule has 0 saturated carbocycles. The predicted molar refractivity (Wildman–Crippen MR) is 51.9 cm³/mol. The highest BCUT2D eigenvalue weighted by Gasteiger charge is 2.16. The SMILES string of the molecule is [2H]O[P+](CC)=S(=N)(CC)OCC. The lowest BCUT2D eigenvalue weighted by Gasteiger charge is -2.04. The molecule has 0 aromatic carbocycles. The van der Waals surface area contributed by atoms with Crippen molar-refractivity contribution in [2.45, 2.75) is 20.8 Å². The third-order valence-corrected chi connectivity index (χ3v) is 7.71. The van der Waals surface area contributed by atoms with Gasteiger partial charge in [-0.15, -0.1) is 0 Å². The van der Waals surface area contributed by atoms with Crippen molar-refractivity contribution < 1.29 is 9.08 Å². The normalized spacial score (nSPS) is 18.8. The molecule has 0 amide bonds. The fourth-order valence-corrected chi connectivity index (χ4v) is 4.85. The van der Waals surface area contributed by atoms with Crippen LogP contribution in [0.25, 0.3) is 0 Å². The minimum Gasteiger partial charge on any atom is -0.282 e. The molecular weight excluding hydrogens is 181 g/mol. The zero-order chi connectivity index (χ0) is 9.61. The Balaban J connectivity index is 4.90. The molecule has 0 bridgehead atoms. The quantitative estimate of drug-likeness (QED) is 0.667. The van der Waals surface area contributed by atoms with Gasteiger partial charge in [0.25, 0.3) is 1.43 Å². The topological polar surface area (TPSA) is 53.3 Å². The first-order valence-corrected chi connectivity index (χ1v) is 7.53. The molecule has 0 heterocycles. The van der Waals surface area contributed by atoms with Crippen molar-refractivity contribution in [3.05, 3.63) is 0 Å². The van der Waals surface area contributed by atoms with E-state index in [0.29, 0.717) is 12.4 Å². The lowest BCUT2D eigenvalue weighted by atomic mass is 10.9. The lowest BCUT2D eigenvalue weighted by molar-refractivity contribution is 0.389. The number of hydrogen-bond acceptors (Lipinski definition) is 3. The van der Waals surface area contributed by atoms with E-state index < -0.39 is 16.2 Å². The summed E-state index contributed by atoms with van der Waals surface area (Å²) in [4.78, 5) is 4.55. The highest BCUT2D eigenvalue weighted by molar-refractivity contribution is 8.26. The van der Waals surface area contributed by atoms with E-state index in [0.717, 1.165) is 6.16 Å². The average molecular weight is 199 g/mol. The minimum atomic E-state index is -1.86. The second kappa shape index (κ2) is 5.09. The molecule has 0 aromatic rings. The van der Waals surface area contributed by atoms with Crippen LogP contribution in [-0.4, -0.2) is 24.8 Å². The second-order valence-corrected chi connectivity index (χ2v) is 8.37. The van der Waals surface area contributed by atoms with Crippen LogP contribution in [0.15, 0.2) is 0 Å². The summed E-state index contributed by atoms with van der Waals surface area (Å²) in [6.45, 7) is 5.25. The van der Waals surface area contributed by atoms with Crippen molar-refractivity contribution in [3.63, 3.8) is 0 Å². The Hall–Kier alpha value is 0.370. The Morgan fingerprint density at radius 1 is 1.64 bits per heavy atom. The molecule has 0 saturated heterocycles. The molecule has 5 heteroatoms. The van der Waals surface area contributed by atoms with Crippen LogP contribution in [0.2, 0.25) is 0 Å². The summed E-state index contributed by atoms with van der Waals surface area (Å²) < 4.78 is 20.2. The highest BCUT2D eigenvalue weighted by Crippen LogP contribution is 2.27. The molecule has 0 aliphatic carbocycles. The van der Waals surface area contributed by atoms with Crippen molar-refractivity contribution in [1.29, 1.82) is 6.21 Å². The lowest BCUT2D eigenvalue weighted by Crippen LogP contribution is -2.05. The molecule has 3 nitrogen and oxygen atoms in total. The Morgan fingerprint density at radius 3 is 2.55 bits per heavy atom. The zero-order valence-corrected chi connectivity index (χ0v) is 9.00. The van der Waals surface area contributed by atoms with Gasteiger partial charge in [-0.2, -0.15) is 4.90 Å². The third-order valence-electron chi connectivity index (χ3n) is 1.29. The fraction of sp³-hybridized carbons (Fsp3) is 1.00. The molecule has 2 N–H and O–H groups in total. The van der Waals surface area contributed by atoms with E-state index in [4.69, 9.17) is 10.4 Å². The van der Waals surface area contributed by atoms with Crippen molar-refractivity contribution in [2.75, 3.05) is 18.5 Å². The molecule has 2 unspecified atom stereocenters. The summed E-state index contributed by atoms with van der Waals surface area (Å²) in [6, 6.07) is 0. The van der Waals surface area contributed by atoms with E-state index in [2.05, 4.69) is 4.90 Å². The number of hydrogen-bond donors (Lipinski definition) is 2.